The molecule has 1 aromatic rings. The Labute approximate surface area is 94.8 Å². The maximum atomic E-state index is 4.96. The van der Waals surface area contributed by atoms with Gasteiger partial charge in [0, 0.05) is 26.3 Å². The van der Waals surface area contributed by atoms with Gasteiger partial charge in [0.15, 0.2) is 5.82 Å². The normalized spacial score (nSPS) is 14.8. The third-order valence-electron chi connectivity index (χ3n) is 2.30. The number of anilines is 2. The highest BCUT2D eigenvalue weighted by Crippen LogP contribution is 2.22. The van der Waals surface area contributed by atoms with Crippen molar-refractivity contribution >= 4 is 11.8 Å². The lowest BCUT2D eigenvalue weighted by Gasteiger charge is -2.06. The Bertz CT molecular complexity index is 329. The molecule has 1 aliphatic rings. The van der Waals surface area contributed by atoms with E-state index in [2.05, 4.69) is 25.8 Å². The first-order valence-corrected chi connectivity index (χ1v) is 5.57. The average Bonchev–Trinajstić information content (AvgIpc) is 3.09. The third-order valence-corrected chi connectivity index (χ3v) is 2.30. The van der Waals surface area contributed by atoms with Crippen molar-refractivity contribution < 1.29 is 4.74 Å². The SMILES string of the molecule is COCCCNc1cnnc(NC2CC2)n1. The van der Waals surface area contributed by atoms with E-state index in [0.717, 1.165) is 25.4 Å². The molecule has 0 radical (unpaired) electrons. The van der Waals surface area contributed by atoms with Crippen LogP contribution in [0.4, 0.5) is 11.8 Å². The number of methoxy groups -OCH3 is 1. The molecule has 1 heterocycles. The fourth-order valence-electron chi connectivity index (χ4n) is 1.29. The van der Waals surface area contributed by atoms with E-state index in [-0.39, 0.29) is 0 Å². The van der Waals surface area contributed by atoms with Gasteiger partial charge in [0.2, 0.25) is 5.95 Å². The van der Waals surface area contributed by atoms with Gasteiger partial charge in [-0.15, -0.1) is 5.10 Å². The van der Waals surface area contributed by atoms with Crippen molar-refractivity contribution in [3.05, 3.63) is 6.20 Å². The fourth-order valence-corrected chi connectivity index (χ4v) is 1.29. The van der Waals surface area contributed by atoms with Crippen molar-refractivity contribution in [2.24, 2.45) is 0 Å². The van der Waals surface area contributed by atoms with Gasteiger partial charge < -0.3 is 15.4 Å². The smallest absolute Gasteiger partial charge is 0.244 e. The van der Waals surface area contributed by atoms with E-state index in [9.17, 15) is 0 Å². The summed E-state index contributed by atoms with van der Waals surface area (Å²) in [5, 5.41) is 14.2. The zero-order valence-electron chi connectivity index (χ0n) is 9.44. The zero-order chi connectivity index (χ0) is 11.2. The predicted molar refractivity (Wildman–Crippen MR) is 61.5 cm³/mol. The first kappa shape index (κ1) is 11.1. The van der Waals surface area contributed by atoms with Crippen LogP contribution >= 0.6 is 0 Å². The number of aromatic nitrogens is 3. The molecule has 1 fully saturated rings. The van der Waals surface area contributed by atoms with E-state index in [1.165, 1.54) is 12.8 Å². The summed E-state index contributed by atoms with van der Waals surface area (Å²) >= 11 is 0. The monoisotopic (exact) mass is 223 g/mol. The van der Waals surface area contributed by atoms with Gasteiger partial charge in [-0.3, -0.25) is 0 Å². The van der Waals surface area contributed by atoms with Crippen LogP contribution in [0.5, 0.6) is 0 Å². The first-order chi connectivity index (χ1) is 7.88. The van der Waals surface area contributed by atoms with E-state index in [1.807, 2.05) is 0 Å². The Morgan fingerprint density at radius 2 is 2.38 bits per heavy atom. The topological polar surface area (TPSA) is 72.0 Å². The van der Waals surface area contributed by atoms with Gasteiger partial charge in [0.05, 0.1) is 6.20 Å². The fraction of sp³-hybridized carbons (Fsp3) is 0.700. The summed E-state index contributed by atoms with van der Waals surface area (Å²) in [5.74, 6) is 1.37. The van der Waals surface area contributed by atoms with Crippen LogP contribution in [0.15, 0.2) is 6.20 Å². The molecule has 0 saturated heterocycles. The quantitative estimate of drug-likeness (QED) is 0.669. The second-order valence-corrected chi connectivity index (χ2v) is 3.86. The molecule has 1 aliphatic carbocycles. The number of rotatable bonds is 7. The van der Waals surface area contributed by atoms with Crippen LogP contribution in [0.1, 0.15) is 19.3 Å². The van der Waals surface area contributed by atoms with Crippen molar-refractivity contribution in [2.45, 2.75) is 25.3 Å². The molecule has 0 atom stereocenters. The summed E-state index contributed by atoms with van der Waals surface area (Å²) in [7, 11) is 1.70. The van der Waals surface area contributed by atoms with Crippen LogP contribution in [0.3, 0.4) is 0 Å². The first-order valence-electron chi connectivity index (χ1n) is 5.57. The van der Waals surface area contributed by atoms with Gasteiger partial charge in [0.1, 0.15) is 0 Å². The Morgan fingerprint density at radius 3 is 3.12 bits per heavy atom. The molecule has 0 aliphatic heterocycles. The molecule has 6 heteroatoms. The van der Waals surface area contributed by atoms with E-state index >= 15 is 0 Å². The summed E-state index contributed by atoms with van der Waals surface area (Å²) in [6.07, 6.45) is 4.99. The molecule has 0 amide bonds. The van der Waals surface area contributed by atoms with E-state index in [4.69, 9.17) is 4.74 Å². The molecule has 2 rings (SSSR count). The molecule has 0 unspecified atom stereocenters. The molecule has 0 aromatic carbocycles. The lowest BCUT2D eigenvalue weighted by molar-refractivity contribution is 0.197. The minimum atomic E-state index is 0.547. The highest BCUT2D eigenvalue weighted by atomic mass is 16.5. The van der Waals surface area contributed by atoms with Crippen LogP contribution in [-0.2, 0) is 4.74 Å². The van der Waals surface area contributed by atoms with Crippen molar-refractivity contribution in [3.63, 3.8) is 0 Å². The van der Waals surface area contributed by atoms with Crippen LogP contribution in [-0.4, -0.2) is 41.5 Å². The minimum Gasteiger partial charge on any atom is -0.385 e. The van der Waals surface area contributed by atoms with Crippen LogP contribution < -0.4 is 10.6 Å². The molecule has 6 nitrogen and oxygen atoms in total. The highest BCUT2D eigenvalue weighted by molar-refractivity contribution is 5.37. The molecular weight excluding hydrogens is 206 g/mol. The van der Waals surface area contributed by atoms with Gasteiger partial charge in [-0.25, -0.2) is 0 Å². The Hall–Kier alpha value is -1.43. The number of hydrogen-bond donors (Lipinski definition) is 2. The lowest BCUT2D eigenvalue weighted by Crippen LogP contribution is -2.10. The largest absolute Gasteiger partial charge is 0.385 e. The third kappa shape index (κ3) is 3.62. The maximum Gasteiger partial charge on any atom is 0.244 e. The summed E-state index contributed by atoms with van der Waals surface area (Å²) in [4.78, 5) is 4.31. The Balaban J connectivity index is 1.78. The molecule has 0 bridgehead atoms. The summed E-state index contributed by atoms with van der Waals surface area (Å²) in [6, 6.07) is 0.547. The van der Waals surface area contributed by atoms with Gasteiger partial charge >= 0.3 is 0 Å². The molecule has 1 aromatic heterocycles. The number of ether oxygens (including phenoxy) is 1. The average molecular weight is 223 g/mol. The molecule has 0 spiro atoms. The van der Waals surface area contributed by atoms with E-state index in [0.29, 0.717) is 12.0 Å². The summed E-state index contributed by atoms with van der Waals surface area (Å²) in [6.45, 7) is 1.58. The van der Waals surface area contributed by atoms with Crippen LogP contribution in [0, 0.1) is 0 Å². The predicted octanol–water partition coefficient (Wildman–Crippen LogP) is 0.894. The van der Waals surface area contributed by atoms with Gasteiger partial charge in [0.25, 0.3) is 0 Å². The molecule has 1 saturated carbocycles. The zero-order valence-corrected chi connectivity index (χ0v) is 9.44. The van der Waals surface area contributed by atoms with Gasteiger partial charge in [-0.05, 0) is 19.3 Å². The Morgan fingerprint density at radius 1 is 1.50 bits per heavy atom. The van der Waals surface area contributed by atoms with Crippen LogP contribution in [0.2, 0.25) is 0 Å². The van der Waals surface area contributed by atoms with Gasteiger partial charge in [-0.2, -0.15) is 10.1 Å². The van der Waals surface area contributed by atoms with Crippen LogP contribution in [0.25, 0.3) is 0 Å². The van der Waals surface area contributed by atoms with Crippen molar-refractivity contribution in [3.8, 4) is 0 Å². The summed E-state index contributed by atoms with van der Waals surface area (Å²) < 4.78 is 4.96. The van der Waals surface area contributed by atoms with E-state index < -0.39 is 0 Å². The molecule has 2 N–H and O–H groups in total. The second kappa shape index (κ2) is 5.60. The van der Waals surface area contributed by atoms with Crippen molar-refractivity contribution in [2.75, 3.05) is 30.9 Å². The summed E-state index contributed by atoms with van der Waals surface area (Å²) in [5.41, 5.74) is 0. The van der Waals surface area contributed by atoms with Crippen molar-refractivity contribution in [1.82, 2.24) is 15.2 Å². The van der Waals surface area contributed by atoms with Crippen molar-refractivity contribution in [1.29, 1.82) is 0 Å². The maximum absolute atomic E-state index is 4.96. The molecule has 16 heavy (non-hydrogen) atoms. The number of nitrogens with zero attached hydrogens (tertiary/aromatic N) is 3. The number of nitrogens with one attached hydrogen (secondary N) is 2. The standard InChI is InChI=1S/C10H17N5O/c1-16-6-2-5-11-9-7-12-15-10(14-9)13-8-3-4-8/h7-8H,2-6H2,1H3,(H2,11,13,14,15). The lowest BCUT2D eigenvalue weighted by atomic mass is 10.4. The highest BCUT2D eigenvalue weighted by Gasteiger charge is 2.22. The number of hydrogen-bond acceptors (Lipinski definition) is 6. The minimum absolute atomic E-state index is 0.547. The Kier molecular flexibility index (Phi) is 3.87. The molecular formula is C10H17N5O. The molecule has 88 valence electrons. The van der Waals surface area contributed by atoms with E-state index in [1.54, 1.807) is 13.3 Å². The van der Waals surface area contributed by atoms with Gasteiger partial charge in [-0.1, -0.05) is 0 Å². The second-order valence-electron chi connectivity index (χ2n) is 3.86.